The quantitative estimate of drug-likeness (QED) is 0.712. The van der Waals surface area contributed by atoms with Crippen LogP contribution in [0.25, 0.3) is 0 Å². The van der Waals surface area contributed by atoms with Gasteiger partial charge in [0.15, 0.2) is 0 Å². The zero-order valence-corrected chi connectivity index (χ0v) is 12.4. The van der Waals surface area contributed by atoms with Gasteiger partial charge >= 0.3 is 0 Å². The van der Waals surface area contributed by atoms with E-state index >= 15 is 0 Å². The number of rotatable bonds is 9. The Labute approximate surface area is 116 Å². The molecule has 0 aliphatic carbocycles. The van der Waals surface area contributed by atoms with Crippen molar-refractivity contribution in [1.29, 1.82) is 0 Å². The zero-order valence-electron chi connectivity index (χ0n) is 12.4. The fraction of sp³-hybridized carbons (Fsp3) is 0.600. The van der Waals surface area contributed by atoms with Gasteiger partial charge in [-0.3, -0.25) is 0 Å². The largest absolute Gasteiger partial charge is 0.494 e. The number of nitrogens with two attached hydrogens (primary N) is 1. The lowest BCUT2D eigenvalue weighted by Crippen LogP contribution is -2.33. The maximum absolute atomic E-state index is 5.83. The minimum Gasteiger partial charge on any atom is -0.494 e. The maximum Gasteiger partial charge on any atom is 0.119 e. The Bertz CT molecular complexity index is 338. The van der Waals surface area contributed by atoms with E-state index in [-0.39, 0.29) is 6.04 Å². The number of ether oxygens (including phenoxy) is 1. The van der Waals surface area contributed by atoms with Crippen LogP contribution in [0, 0.1) is 0 Å². The van der Waals surface area contributed by atoms with E-state index in [0.29, 0.717) is 6.54 Å². The molecule has 0 saturated carbocycles. The summed E-state index contributed by atoms with van der Waals surface area (Å²) in [5, 5.41) is 3.47. The molecule has 0 bridgehead atoms. The third-order valence-corrected chi connectivity index (χ3v) is 2.94. The van der Waals surface area contributed by atoms with Gasteiger partial charge in [0.25, 0.3) is 0 Å². The molecule has 4 nitrogen and oxygen atoms in total. The van der Waals surface area contributed by atoms with E-state index in [1.807, 2.05) is 12.1 Å². The summed E-state index contributed by atoms with van der Waals surface area (Å²) in [5.74, 6) is 0.926. The molecule has 0 heterocycles. The molecule has 0 saturated heterocycles. The number of hydrogen-bond acceptors (Lipinski definition) is 4. The first-order valence-corrected chi connectivity index (χ1v) is 6.98. The van der Waals surface area contributed by atoms with Crippen molar-refractivity contribution in [3.63, 3.8) is 0 Å². The van der Waals surface area contributed by atoms with E-state index in [1.54, 1.807) is 0 Å². The third-order valence-electron chi connectivity index (χ3n) is 2.94. The highest BCUT2D eigenvalue weighted by atomic mass is 16.5. The SMILES string of the molecule is CCCOc1ccc(C(CN)NCCN(C)C)cc1. The molecular weight excluding hydrogens is 238 g/mol. The van der Waals surface area contributed by atoms with Crippen LogP contribution in [0.5, 0.6) is 5.75 Å². The van der Waals surface area contributed by atoms with Gasteiger partial charge in [0.2, 0.25) is 0 Å². The normalized spacial score (nSPS) is 12.7. The molecule has 19 heavy (non-hydrogen) atoms. The highest BCUT2D eigenvalue weighted by molar-refractivity contribution is 5.29. The van der Waals surface area contributed by atoms with E-state index in [4.69, 9.17) is 10.5 Å². The van der Waals surface area contributed by atoms with Crippen LogP contribution < -0.4 is 15.8 Å². The van der Waals surface area contributed by atoms with E-state index in [1.165, 1.54) is 5.56 Å². The van der Waals surface area contributed by atoms with Crippen LogP contribution in [0.1, 0.15) is 24.9 Å². The molecule has 0 amide bonds. The van der Waals surface area contributed by atoms with Gasteiger partial charge in [-0.25, -0.2) is 0 Å². The molecule has 4 heteroatoms. The van der Waals surface area contributed by atoms with Crippen molar-refractivity contribution in [2.75, 3.05) is 40.3 Å². The summed E-state index contributed by atoms with van der Waals surface area (Å²) in [6, 6.07) is 8.42. The molecule has 0 fully saturated rings. The van der Waals surface area contributed by atoms with Gasteiger partial charge in [-0.05, 0) is 38.2 Å². The molecule has 1 unspecified atom stereocenters. The summed E-state index contributed by atoms with van der Waals surface area (Å²) in [4.78, 5) is 2.16. The summed E-state index contributed by atoms with van der Waals surface area (Å²) in [5.41, 5.74) is 7.05. The molecule has 0 aromatic heterocycles. The second kappa shape index (κ2) is 8.91. The first-order valence-electron chi connectivity index (χ1n) is 6.98. The van der Waals surface area contributed by atoms with Crippen molar-refractivity contribution >= 4 is 0 Å². The summed E-state index contributed by atoms with van der Waals surface area (Å²) in [6.45, 7) is 5.41. The smallest absolute Gasteiger partial charge is 0.119 e. The Morgan fingerprint density at radius 3 is 2.47 bits per heavy atom. The predicted molar refractivity (Wildman–Crippen MR) is 80.6 cm³/mol. The first kappa shape index (κ1) is 16.0. The second-order valence-corrected chi connectivity index (χ2v) is 4.96. The summed E-state index contributed by atoms with van der Waals surface area (Å²) in [6.07, 6.45) is 1.03. The molecular formula is C15H27N3O. The number of nitrogens with zero attached hydrogens (tertiary/aromatic N) is 1. The molecule has 108 valence electrons. The van der Waals surface area contributed by atoms with Crippen molar-refractivity contribution in [1.82, 2.24) is 10.2 Å². The zero-order chi connectivity index (χ0) is 14.1. The van der Waals surface area contributed by atoms with E-state index in [0.717, 1.165) is 31.9 Å². The lowest BCUT2D eigenvalue weighted by atomic mass is 10.1. The Kier molecular flexibility index (Phi) is 7.48. The third kappa shape index (κ3) is 6.05. The fourth-order valence-electron chi connectivity index (χ4n) is 1.82. The minimum absolute atomic E-state index is 0.208. The Hall–Kier alpha value is -1.10. The van der Waals surface area contributed by atoms with E-state index < -0.39 is 0 Å². The molecule has 0 aliphatic rings. The Morgan fingerprint density at radius 2 is 1.95 bits per heavy atom. The Balaban J connectivity index is 2.50. The van der Waals surface area contributed by atoms with Crippen molar-refractivity contribution in [2.45, 2.75) is 19.4 Å². The second-order valence-electron chi connectivity index (χ2n) is 4.96. The van der Waals surface area contributed by atoms with E-state index in [2.05, 4.69) is 43.4 Å². The summed E-state index contributed by atoms with van der Waals surface area (Å²) >= 11 is 0. The molecule has 0 aliphatic heterocycles. The average molecular weight is 265 g/mol. The highest BCUT2D eigenvalue weighted by Gasteiger charge is 2.08. The molecule has 0 radical (unpaired) electrons. The van der Waals surface area contributed by atoms with E-state index in [9.17, 15) is 0 Å². The van der Waals surface area contributed by atoms with Gasteiger partial charge in [0.05, 0.1) is 6.61 Å². The van der Waals surface area contributed by atoms with Crippen LogP contribution in [0.3, 0.4) is 0 Å². The van der Waals surface area contributed by atoms with Crippen LogP contribution in [0.4, 0.5) is 0 Å². The van der Waals surface area contributed by atoms with Gasteiger partial charge in [0, 0.05) is 25.7 Å². The highest BCUT2D eigenvalue weighted by Crippen LogP contribution is 2.17. The molecule has 3 N–H and O–H groups in total. The summed E-state index contributed by atoms with van der Waals surface area (Å²) < 4.78 is 5.58. The van der Waals surface area contributed by atoms with Crippen LogP contribution in [0.2, 0.25) is 0 Å². The van der Waals surface area contributed by atoms with Crippen LogP contribution in [0.15, 0.2) is 24.3 Å². The number of nitrogens with one attached hydrogen (secondary N) is 1. The number of hydrogen-bond donors (Lipinski definition) is 2. The van der Waals surface area contributed by atoms with Crippen LogP contribution >= 0.6 is 0 Å². The van der Waals surface area contributed by atoms with Crippen molar-refractivity contribution < 1.29 is 4.74 Å². The van der Waals surface area contributed by atoms with Crippen LogP contribution in [-0.4, -0.2) is 45.2 Å². The average Bonchev–Trinajstić information content (AvgIpc) is 2.42. The minimum atomic E-state index is 0.208. The standard InChI is InChI=1S/C15H27N3O/c1-4-11-19-14-7-5-13(6-8-14)15(12-16)17-9-10-18(2)3/h5-8,15,17H,4,9-12,16H2,1-3H3. The van der Waals surface area contributed by atoms with Crippen LogP contribution in [-0.2, 0) is 0 Å². The van der Waals surface area contributed by atoms with Crippen molar-refractivity contribution in [2.24, 2.45) is 5.73 Å². The molecule has 1 aromatic rings. The maximum atomic E-state index is 5.83. The molecule has 1 aromatic carbocycles. The monoisotopic (exact) mass is 265 g/mol. The summed E-state index contributed by atoms with van der Waals surface area (Å²) in [7, 11) is 4.14. The van der Waals surface area contributed by atoms with Gasteiger partial charge < -0.3 is 20.7 Å². The Morgan fingerprint density at radius 1 is 1.26 bits per heavy atom. The fourth-order valence-corrected chi connectivity index (χ4v) is 1.82. The molecule has 1 atom stereocenters. The first-order chi connectivity index (χ1) is 9.17. The van der Waals surface area contributed by atoms with Gasteiger partial charge in [-0.1, -0.05) is 19.1 Å². The van der Waals surface area contributed by atoms with Crippen molar-refractivity contribution in [3.05, 3.63) is 29.8 Å². The lowest BCUT2D eigenvalue weighted by Gasteiger charge is -2.19. The number of likely N-dealkylation sites (N-methyl/N-ethyl adjacent to an activating group) is 1. The van der Waals surface area contributed by atoms with Gasteiger partial charge in [-0.2, -0.15) is 0 Å². The van der Waals surface area contributed by atoms with Crippen molar-refractivity contribution in [3.8, 4) is 5.75 Å². The predicted octanol–water partition coefficient (Wildman–Crippen LogP) is 1.63. The van der Waals surface area contributed by atoms with Gasteiger partial charge in [-0.15, -0.1) is 0 Å². The molecule has 0 spiro atoms. The lowest BCUT2D eigenvalue weighted by molar-refractivity contribution is 0.317. The topological polar surface area (TPSA) is 50.5 Å². The van der Waals surface area contributed by atoms with Gasteiger partial charge in [0.1, 0.15) is 5.75 Å². The number of benzene rings is 1. The molecule has 1 rings (SSSR count).